The molecule has 0 aliphatic rings. The Hall–Kier alpha value is -7.94. The van der Waals surface area contributed by atoms with Crippen molar-refractivity contribution in [1.29, 1.82) is 0 Å². The van der Waals surface area contributed by atoms with Crippen LogP contribution < -0.4 is 0 Å². The van der Waals surface area contributed by atoms with Gasteiger partial charge < -0.3 is 23.9 Å². The number of pyridine rings is 5. The van der Waals surface area contributed by atoms with Crippen molar-refractivity contribution >= 4 is 44.1 Å². The number of para-hydroxylation sites is 1. The number of aliphatic hydroxyl groups is 1. The number of aromatic nitrogens is 5. The second-order valence-electron chi connectivity index (χ2n) is 24.6. The van der Waals surface area contributed by atoms with Crippen LogP contribution in [-0.2, 0) is 43.7 Å². The Kier molecular flexibility index (Phi) is 16.1. The second kappa shape index (κ2) is 27.4. The van der Waals surface area contributed by atoms with Crippen LogP contribution in [-0.4, -0.2) is 36.6 Å². The van der Waals surface area contributed by atoms with E-state index in [4.69, 9.17) is 39.0 Å². The Bertz CT molecular complexity index is 4510. The fourth-order valence-corrected chi connectivity index (χ4v) is 10.2. The maximum Gasteiger partial charge on any atom is 0.227 e. The smallest absolute Gasteiger partial charge is 0.227 e. The molecule has 0 amide bonds. The van der Waals surface area contributed by atoms with Crippen LogP contribution >= 0.6 is 0 Å². The number of hydrogen-bond donors (Lipinski definition) is 1. The van der Waals surface area contributed by atoms with Gasteiger partial charge in [-0.05, 0) is 131 Å². The first kappa shape index (κ1) is 51.1. The van der Waals surface area contributed by atoms with Crippen molar-refractivity contribution in [2.75, 3.05) is 6.61 Å². The quantitative estimate of drug-likeness (QED) is 0.135. The van der Waals surface area contributed by atoms with Crippen molar-refractivity contribution < 1.29 is 49.1 Å². The number of rotatable bonds is 10. The largest absolute Gasteiger partial charge is 0.486 e. The molecule has 7 heterocycles. The zero-order valence-corrected chi connectivity index (χ0v) is 54.3. The van der Waals surface area contributed by atoms with Crippen LogP contribution in [0.2, 0.25) is 0 Å². The van der Waals surface area contributed by atoms with Crippen LogP contribution in [0.25, 0.3) is 77.9 Å². The number of furan rings is 2. The molecule has 12 aromatic rings. The van der Waals surface area contributed by atoms with Gasteiger partial charge in [-0.25, -0.2) is 9.97 Å². The Morgan fingerprint density at radius 1 is 0.563 bits per heavy atom. The van der Waals surface area contributed by atoms with Crippen molar-refractivity contribution in [2.24, 2.45) is 10.8 Å². The van der Waals surface area contributed by atoms with Gasteiger partial charge in [0.25, 0.3) is 0 Å². The van der Waals surface area contributed by atoms with Gasteiger partial charge in [-0.2, -0.15) is 0 Å². The van der Waals surface area contributed by atoms with Crippen LogP contribution in [0.5, 0.6) is 0 Å². The van der Waals surface area contributed by atoms with Gasteiger partial charge in [0.05, 0.1) is 22.7 Å². The minimum Gasteiger partial charge on any atom is -0.486 e. The molecule has 0 fully saturated rings. The summed E-state index contributed by atoms with van der Waals surface area (Å²) in [7, 11) is 0. The monoisotopic (exact) mass is 1340 g/mol. The van der Waals surface area contributed by atoms with Crippen LogP contribution in [0.1, 0.15) is 161 Å². The molecule has 7 aromatic heterocycles. The van der Waals surface area contributed by atoms with E-state index in [1.165, 1.54) is 29.5 Å². The topological polar surface area (TPSA) is 111 Å². The first-order valence-electron chi connectivity index (χ1n) is 34.5. The van der Waals surface area contributed by atoms with E-state index in [1.807, 2.05) is 114 Å². The Morgan fingerprint density at radius 2 is 1.10 bits per heavy atom. The molecule has 8 nitrogen and oxygen atoms in total. The van der Waals surface area contributed by atoms with Gasteiger partial charge >= 0.3 is 0 Å². The van der Waals surface area contributed by atoms with E-state index in [9.17, 15) is 0 Å². The van der Waals surface area contributed by atoms with Gasteiger partial charge in [-0.15, -0.1) is 53.6 Å². The second-order valence-corrected chi connectivity index (χ2v) is 24.6. The van der Waals surface area contributed by atoms with Gasteiger partial charge in [0, 0.05) is 92.9 Å². The summed E-state index contributed by atoms with van der Waals surface area (Å²) in [5.41, 5.74) is 10.7. The number of benzene rings is 5. The standard InChI is InChI=1S/C30H30N2O.C30H29N2O.C16H18N.C2H6O.Ir/c2*1-29(2,3)19-20-16-17-31-25(18-20)24-13-9-12-22-23-14-15-26(32-28(23)33-27(22)24)30(4,5)21-10-7-6-8-11-21;1-11(2)15-9-16(17-10-13(15)4)14-7-5-12(3)6-8-14;1-2-3;/h6-18H,19H2,1-5H3;6-12,14-18H,19H2,1-5H3;5-7,9-11H,1-4H3;3H,2H2,1H3;/q;2*-1;;/i2*19D2;3D3,4D3,11D;;. The summed E-state index contributed by atoms with van der Waals surface area (Å²) in [6.07, 6.45) is 1.56. The first-order valence-corrected chi connectivity index (χ1v) is 29.0. The molecule has 5 aromatic carbocycles. The predicted molar refractivity (Wildman–Crippen MR) is 357 cm³/mol. The van der Waals surface area contributed by atoms with Crippen molar-refractivity contribution in [2.45, 2.75) is 133 Å². The molecule has 0 aliphatic heterocycles. The molecule has 0 aliphatic carbocycles. The average molecular weight is 1340 g/mol. The Labute approximate surface area is 544 Å². The molecule has 1 radical (unpaired) electrons. The third-order valence-corrected chi connectivity index (χ3v) is 14.6. The number of nitrogens with zero attached hydrogens (tertiary/aromatic N) is 5. The Morgan fingerprint density at radius 3 is 1.62 bits per heavy atom. The summed E-state index contributed by atoms with van der Waals surface area (Å²) in [6, 6.07) is 58.1. The molecule has 9 heteroatoms. The molecular formula is C78H83IrN5O3-2. The normalized spacial score (nSPS) is 14.4. The number of hydrogen-bond acceptors (Lipinski definition) is 8. The third kappa shape index (κ3) is 15.4. The summed E-state index contributed by atoms with van der Waals surface area (Å²) in [4.78, 5) is 23.1. The summed E-state index contributed by atoms with van der Waals surface area (Å²) in [5, 5.41) is 11.4. The van der Waals surface area contributed by atoms with Crippen LogP contribution in [0.3, 0.4) is 0 Å². The number of fused-ring (bicyclic) bond motifs is 6. The minimum atomic E-state index is -2.35. The molecule has 87 heavy (non-hydrogen) atoms. The van der Waals surface area contributed by atoms with Gasteiger partial charge in [0.2, 0.25) is 11.4 Å². The predicted octanol–water partition coefficient (Wildman–Crippen LogP) is 20.0. The van der Waals surface area contributed by atoms with Crippen LogP contribution in [0.15, 0.2) is 191 Å². The first-order chi connectivity index (χ1) is 45.2. The molecule has 0 atom stereocenters. The summed E-state index contributed by atoms with van der Waals surface area (Å²) in [5.74, 6) is -1.11. The minimum absolute atomic E-state index is 0. The van der Waals surface area contributed by atoms with Gasteiger partial charge in [-0.3, -0.25) is 4.98 Å². The van der Waals surface area contributed by atoms with Crippen molar-refractivity contribution in [3.63, 3.8) is 0 Å². The zero-order chi connectivity index (χ0) is 71.1. The van der Waals surface area contributed by atoms with Crippen molar-refractivity contribution in [1.82, 2.24) is 24.9 Å². The van der Waals surface area contributed by atoms with Gasteiger partial charge in [0.15, 0.2) is 0 Å². The fourth-order valence-electron chi connectivity index (χ4n) is 10.2. The zero-order valence-electron chi connectivity index (χ0n) is 62.9. The van der Waals surface area contributed by atoms with E-state index in [0.29, 0.717) is 67.5 Å². The summed E-state index contributed by atoms with van der Waals surface area (Å²) >= 11 is 0. The maximum absolute atomic E-state index is 8.69. The van der Waals surface area contributed by atoms with E-state index in [0.717, 1.165) is 38.5 Å². The average Bonchev–Trinajstić information content (AvgIpc) is 1.55. The molecule has 0 bridgehead atoms. The number of aryl methyl sites for hydroxylation is 2. The molecule has 449 valence electrons. The molecule has 0 saturated carbocycles. The fraction of sp³-hybridized carbons (Fsp3) is 0.295. The van der Waals surface area contributed by atoms with E-state index in [2.05, 4.69) is 103 Å². The summed E-state index contributed by atoms with van der Waals surface area (Å²) < 4.78 is 101. The van der Waals surface area contributed by atoms with E-state index >= 15 is 0 Å². The SMILES string of the molecule is CCO.[2H]C([2H])([2H])c1c[c-]c(-c2cc(C([2H])(C)C)c(C([2H])([2H])[2H])cn2)cc1.[2H]C([2H])(c1ccnc(-c2[c-]ccc3c2oc2nc(C(C)(C)c4ccccc4)ccc23)c1)C(C)(C)C.[2H]C([2H])(c1ccnc(-c2cccc3c2oc2nc(C(C)(C)c4ccccc4)ccc23)c1)C(C)(C)C.[Ir]. The molecule has 12 rings (SSSR count). The third-order valence-electron chi connectivity index (χ3n) is 14.6. The molecule has 1 N–H and O–H groups in total. The van der Waals surface area contributed by atoms with Crippen molar-refractivity contribution in [3.8, 4) is 33.8 Å². The van der Waals surface area contributed by atoms with E-state index < -0.39 is 43.2 Å². The van der Waals surface area contributed by atoms with Crippen LogP contribution in [0, 0.1) is 36.7 Å². The molecule has 0 unspecified atom stereocenters. The summed E-state index contributed by atoms with van der Waals surface area (Å²) in [6.45, 7) is 20.7. The molecule has 0 spiro atoms. The van der Waals surface area contributed by atoms with Crippen LogP contribution in [0.4, 0.5) is 0 Å². The van der Waals surface area contributed by atoms with E-state index in [1.54, 1.807) is 63.5 Å². The number of aliphatic hydroxyl groups excluding tert-OH is 1. The van der Waals surface area contributed by atoms with Crippen molar-refractivity contribution in [3.05, 3.63) is 245 Å². The van der Waals surface area contributed by atoms with E-state index in [-0.39, 0.29) is 48.7 Å². The maximum atomic E-state index is 8.69. The van der Waals surface area contributed by atoms with Gasteiger partial charge in [-0.1, -0.05) is 191 Å². The molecule has 0 saturated heterocycles. The van der Waals surface area contributed by atoms with Gasteiger partial charge in [0.1, 0.15) is 5.58 Å². The Balaban J connectivity index is 0.000000186. The molecular weight excluding hydrogens is 1250 g/mol.